The average Bonchev–Trinajstić information content (AvgIpc) is 2.80. The zero-order chi connectivity index (χ0) is 30.6. The molecule has 1 saturated carbocycles. The normalized spacial score (nSPS) is 14.7. The first-order valence-corrected chi connectivity index (χ1v) is 13.3. The number of carbonyl (C=O) groups is 1. The topological polar surface area (TPSA) is 58.9 Å². The number of hydrogen-bond donors (Lipinski definition) is 1. The summed E-state index contributed by atoms with van der Waals surface area (Å²) in [6, 6.07) is 9.31. The molecule has 0 amide bonds. The highest BCUT2D eigenvalue weighted by Crippen LogP contribution is 2.35. The molecule has 0 unspecified atom stereocenters. The van der Waals surface area contributed by atoms with Crippen molar-refractivity contribution in [1.82, 2.24) is 0 Å². The minimum Gasteiger partial charge on any atom is -0.406 e. The van der Waals surface area contributed by atoms with E-state index in [1.807, 2.05) is 20.8 Å². The Morgan fingerprint density at radius 1 is 0.950 bits per heavy atom. The van der Waals surface area contributed by atoms with Gasteiger partial charge in [0.2, 0.25) is 0 Å². The molecule has 1 N–H and O–H groups in total. The fraction of sp³-hybridized carbons (Fsp3) is 0.533. The molecule has 1 aliphatic rings. The Hall–Kier alpha value is -2.88. The van der Waals surface area contributed by atoms with E-state index in [1.165, 1.54) is 18.2 Å². The maximum Gasteiger partial charge on any atom is 0.573 e. The number of nitrogens with zero attached hydrogens (tertiary/aromatic N) is 1. The zero-order valence-corrected chi connectivity index (χ0v) is 23.7. The van der Waals surface area contributed by atoms with Crippen LogP contribution in [-0.4, -0.2) is 28.6 Å². The second kappa shape index (κ2) is 15.8. The number of hydrogen-bond acceptors (Lipinski definition) is 4. The molecule has 10 heteroatoms. The first kappa shape index (κ1) is 35.1. The van der Waals surface area contributed by atoms with Gasteiger partial charge in [-0.15, -0.1) is 13.2 Å². The van der Waals surface area contributed by atoms with E-state index in [9.17, 15) is 36.2 Å². The molecule has 1 aliphatic carbocycles. The molecule has 2 aromatic rings. The van der Waals surface area contributed by atoms with E-state index in [-0.39, 0.29) is 11.5 Å². The Kier molecular flexibility index (Phi) is 13.9. The number of ketones is 1. The van der Waals surface area contributed by atoms with Crippen molar-refractivity contribution >= 4 is 17.2 Å². The molecular weight excluding hydrogens is 536 g/mol. The second-order valence-corrected chi connectivity index (χ2v) is 10.0. The summed E-state index contributed by atoms with van der Waals surface area (Å²) >= 11 is 0. The largest absolute Gasteiger partial charge is 0.573 e. The SMILES string of the molecule is CCCC(=O)CC1(O)CCC1.CCCC(C)=Nc1ccc(C(F)(F)F)cc1C.Cc1ccc(OC(F)(F)F)cc1. The van der Waals surface area contributed by atoms with Crippen molar-refractivity contribution < 1.29 is 41.0 Å². The van der Waals surface area contributed by atoms with Crippen LogP contribution in [0.25, 0.3) is 0 Å². The first-order valence-electron chi connectivity index (χ1n) is 13.3. The van der Waals surface area contributed by atoms with Crippen molar-refractivity contribution in [2.75, 3.05) is 0 Å². The highest BCUT2D eigenvalue weighted by atomic mass is 19.4. The van der Waals surface area contributed by atoms with Gasteiger partial charge in [-0.1, -0.05) is 38.0 Å². The van der Waals surface area contributed by atoms with Crippen molar-refractivity contribution in [2.24, 2.45) is 4.99 Å². The van der Waals surface area contributed by atoms with Gasteiger partial charge in [0.25, 0.3) is 0 Å². The van der Waals surface area contributed by atoms with Crippen molar-refractivity contribution in [3.8, 4) is 5.75 Å². The smallest absolute Gasteiger partial charge is 0.406 e. The molecule has 0 aliphatic heterocycles. The third-order valence-electron chi connectivity index (χ3n) is 6.04. The van der Waals surface area contributed by atoms with Crippen molar-refractivity contribution in [3.05, 3.63) is 59.2 Å². The number of Topliss-reactive ketones (excluding diaryl/α,β-unsaturated/α-hetero) is 1. The van der Waals surface area contributed by atoms with Crippen LogP contribution in [0.1, 0.15) is 88.8 Å². The van der Waals surface area contributed by atoms with Gasteiger partial charge in [0.1, 0.15) is 11.5 Å². The number of aryl methyl sites for hydroxylation is 2. The highest BCUT2D eigenvalue weighted by Gasteiger charge is 2.36. The molecule has 0 radical (unpaired) electrons. The van der Waals surface area contributed by atoms with Crippen LogP contribution in [0.15, 0.2) is 47.5 Å². The van der Waals surface area contributed by atoms with Crippen LogP contribution in [0.3, 0.4) is 0 Å². The third-order valence-corrected chi connectivity index (χ3v) is 6.04. The lowest BCUT2D eigenvalue weighted by Gasteiger charge is -2.35. The molecule has 40 heavy (non-hydrogen) atoms. The Balaban J connectivity index is 0.000000309. The van der Waals surface area contributed by atoms with E-state index >= 15 is 0 Å². The number of aliphatic hydroxyl groups is 1. The number of carbonyl (C=O) groups excluding carboxylic acids is 1. The Bertz CT molecular complexity index is 1090. The molecule has 0 heterocycles. The van der Waals surface area contributed by atoms with Crippen molar-refractivity contribution in [1.29, 1.82) is 0 Å². The van der Waals surface area contributed by atoms with Crippen molar-refractivity contribution in [2.45, 2.75) is 104 Å². The van der Waals surface area contributed by atoms with E-state index in [1.54, 1.807) is 26.0 Å². The second-order valence-electron chi connectivity index (χ2n) is 10.0. The van der Waals surface area contributed by atoms with Gasteiger partial charge in [-0.05, 0) is 88.8 Å². The predicted octanol–water partition coefficient (Wildman–Crippen LogP) is 9.46. The molecular formula is C30H39F6NO3. The van der Waals surface area contributed by atoms with Gasteiger partial charge in [-0.25, -0.2) is 0 Å². The summed E-state index contributed by atoms with van der Waals surface area (Å²) < 4.78 is 75.9. The number of halogens is 6. The molecule has 0 bridgehead atoms. The summed E-state index contributed by atoms with van der Waals surface area (Å²) in [4.78, 5) is 15.4. The summed E-state index contributed by atoms with van der Waals surface area (Å²) in [6.07, 6.45) is -2.41. The minimum absolute atomic E-state index is 0.187. The maximum absolute atomic E-state index is 12.4. The van der Waals surface area contributed by atoms with E-state index < -0.39 is 23.7 Å². The van der Waals surface area contributed by atoms with Crippen LogP contribution in [0.5, 0.6) is 5.75 Å². The molecule has 224 valence electrons. The van der Waals surface area contributed by atoms with Crippen LogP contribution in [-0.2, 0) is 11.0 Å². The number of rotatable bonds is 8. The molecule has 0 aromatic heterocycles. The summed E-state index contributed by atoms with van der Waals surface area (Å²) in [6.45, 7) is 9.35. The summed E-state index contributed by atoms with van der Waals surface area (Å²) in [5, 5.41) is 9.59. The maximum atomic E-state index is 12.4. The summed E-state index contributed by atoms with van der Waals surface area (Å²) in [5.41, 5.74) is 1.77. The monoisotopic (exact) mass is 575 g/mol. The van der Waals surface area contributed by atoms with Crippen LogP contribution in [0.2, 0.25) is 0 Å². The highest BCUT2D eigenvalue weighted by molar-refractivity contribution is 5.84. The zero-order valence-electron chi connectivity index (χ0n) is 23.7. The lowest BCUT2D eigenvalue weighted by atomic mass is 9.76. The fourth-order valence-electron chi connectivity index (χ4n) is 3.82. The summed E-state index contributed by atoms with van der Waals surface area (Å²) in [5.74, 6) is 0.0304. The van der Waals surface area contributed by atoms with Crippen LogP contribution in [0, 0.1) is 13.8 Å². The Morgan fingerprint density at radius 3 is 1.95 bits per heavy atom. The van der Waals surface area contributed by atoms with Crippen molar-refractivity contribution in [3.63, 3.8) is 0 Å². The number of benzene rings is 2. The quantitative estimate of drug-likeness (QED) is 0.252. The predicted molar refractivity (Wildman–Crippen MR) is 145 cm³/mol. The van der Waals surface area contributed by atoms with E-state index in [0.29, 0.717) is 24.1 Å². The minimum atomic E-state index is -4.60. The fourth-order valence-corrected chi connectivity index (χ4v) is 3.82. The van der Waals surface area contributed by atoms with Crippen LogP contribution >= 0.6 is 0 Å². The van der Waals surface area contributed by atoms with Gasteiger partial charge in [0.15, 0.2) is 0 Å². The van der Waals surface area contributed by atoms with E-state index in [4.69, 9.17) is 0 Å². The van der Waals surface area contributed by atoms with Gasteiger partial charge in [0, 0.05) is 18.6 Å². The standard InChI is InChI=1S/C13H16F3N.C9H16O2.C8H7F3O/c1-4-5-10(3)17-12-7-6-11(8-9(12)2)13(14,15)16;1-2-4-8(10)7-9(11)5-3-6-9;1-6-2-4-7(5-3-6)12-8(9,10)11/h6-8H,4-5H2,1-3H3;11H,2-7H2,1H3;2-5H,1H3. The number of alkyl halides is 6. The molecule has 4 nitrogen and oxygen atoms in total. The lowest BCUT2D eigenvalue weighted by Crippen LogP contribution is -2.38. The molecule has 0 spiro atoms. The van der Waals surface area contributed by atoms with E-state index in [2.05, 4.69) is 9.73 Å². The van der Waals surface area contributed by atoms with Gasteiger partial charge in [-0.2, -0.15) is 13.2 Å². The molecule has 3 rings (SSSR count). The number of aliphatic imine (C=N–C) groups is 1. The summed E-state index contributed by atoms with van der Waals surface area (Å²) in [7, 11) is 0. The lowest BCUT2D eigenvalue weighted by molar-refractivity contribution is -0.274. The molecule has 2 aromatic carbocycles. The van der Waals surface area contributed by atoms with E-state index in [0.717, 1.165) is 61.9 Å². The third kappa shape index (κ3) is 14.0. The van der Waals surface area contributed by atoms with Gasteiger partial charge >= 0.3 is 12.5 Å². The Labute approximate surface area is 232 Å². The van der Waals surface area contributed by atoms with Gasteiger partial charge in [0.05, 0.1) is 16.9 Å². The average molecular weight is 576 g/mol. The van der Waals surface area contributed by atoms with Crippen LogP contribution in [0.4, 0.5) is 32.0 Å². The molecule has 0 saturated heterocycles. The van der Waals surface area contributed by atoms with Gasteiger partial charge < -0.3 is 9.84 Å². The van der Waals surface area contributed by atoms with Crippen LogP contribution < -0.4 is 4.74 Å². The molecule has 0 atom stereocenters. The Morgan fingerprint density at radius 2 is 1.52 bits per heavy atom. The molecule has 1 fully saturated rings. The van der Waals surface area contributed by atoms with Gasteiger partial charge in [-0.3, -0.25) is 9.79 Å². The first-order chi connectivity index (χ1) is 18.5. The number of ether oxygens (including phenoxy) is 1.